The molecule has 0 radical (unpaired) electrons. The van der Waals surface area contributed by atoms with Crippen LogP contribution in [0.1, 0.15) is 62.3 Å². The van der Waals surface area contributed by atoms with E-state index in [0.29, 0.717) is 11.6 Å². The zero-order valence-corrected chi connectivity index (χ0v) is 18.3. The van der Waals surface area contributed by atoms with Crippen LogP contribution in [-0.2, 0) is 23.5 Å². The molecular weight excluding hydrogens is 374 g/mol. The van der Waals surface area contributed by atoms with Gasteiger partial charge < -0.3 is 9.88 Å². The summed E-state index contributed by atoms with van der Waals surface area (Å²) >= 11 is 0. The predicted octanol–water partition coefficient (Wildman–Crippen LogP) is 3.40. The molecule has 0 aliphatic heterocycles. The molecular formula is C21H31N3O3S. The summed E-state index contributed by atoms with van der Waals surface area (Å²) in [4.78, 5) is 12.8. The first-order valence-electron chi connectivity index (χ1n) is 9.58. The molecule has 0 aliphatic carbocycles. The minimum atomic E-state index is -3.64. The number of aryl methyl sites for hydroxylation is 1. The molecule has 2 aromatic rings. The fraction of sp³-hybridized carbons (Fsp3) is 0.476. The van der Waals surface area contributed by atoms with Crippen molar-refractivity contribution in [2.45, 2.75) is 58.0 Å². The van der Waals surface area contributed by atoms with E-state index >= 15 is 0 Å². The summed E-state index contributed by atoms with van der Waals surface area (Å²) in [6.07, 6.45) is 2.47. The first-order chi connectivity index (χ1) is 13.0. The van der Waals surface area contributed by atoms with Crippen LogP contribution >= 0.6 is 0 Å². The Bertz CT molecular complexity index is 913. The van der Waals surface area contributed by atoms with Crippen molar-refractivity contribution in [2.75, 3.05) is 0 Å². The second-order valence-corrected chi connectivity index (χ2v) is 9.70. The van der Waals surface area contributed by atoms with E-state index in [1.165, 1.54) is 22.4 Å². The van der Waals surface area contributed by atoms with Gasteiger partial charge in [-0.25, -0.2) is 13.1 Å². The average molecular weight is 406 g/mol. The number of hydrogen-bond acceptors (Lipinski definition) is 3. The largest absolute Gasteiger partial charge is 0.345 e. The fourth-order valence-electron chi connectivity index (χ4n) is 3.05. The first kappa shape index (κ1) is 22.2. The number of hydrogen-bond donors (Lipinski definition) is 2. The predicted molar refractivity (Wildman–Crippen MR) is 112 cm³/mol. The smallest absolute Gasteiger partial charge is 0.268 e. The molecule has 2 rings (SSSR count). The van der Waals surface area contributed by atoms with Gasteiger partial charge in [-0.3, -0.25) is 4.79 Å². The van der Waals surface area contributed by atoms with Crippen LogP contribution in [0.15, 0.2) is 41.4 Å². The lowest BCUT2D eigenvalue weighted by molar-refractivity contribution is 0.0931. The van der Waals surface area contributed by atoms with Gasteiger partial charge in [0.15, 0.2) is 0 Å². The second-order valence-electron chi connectivity index (χ2n) is 7.98. The highest BCUT2D eigenvalue weighted by atomic mass is 32.2. The molecule has 1 atom stereocenters. The number of nitrogens with zero attached hydrogens (tertiary/aromatic N) is 1. The third-order valence-corrected chi connectivity index (χ3v) is 6.01. The Hall–Kier alpha value is -2.12. The Morgan fingerprint density at radius 1 is 1.07 bits per heavy atom. The zero-order valence-electron chi connectivity index (χ0n) is 17.5. The van der Waals surface area contributed by atoms with Crippen molar-refractivity contribution >= 4 is 15.9 Å². The van der Waals surface area contributed by atoms with E-state index in [2.05, 4.69) is 36.0 Å². The Balaban J connectivity index is 2.12. The van der Waals surface area contributed by atoms with Gasteiger partial charge in [-0.05, 0) is 50.3 Å². The van der Waals surface area contributed by atoms with Crippen LogP contribution in [0.5, 0.6) is 0 Å². The van der Waals surface area contributed by atoms with Crippen LogP contribution in [-0.4, -0.2) is 24.9 Å². The highest BCUT2D eigenvalue weighted by Crippen LogP contribution is 2.18. The lowest BCUT2D eigenvalue weighted by Crippen LogP contribution is -2.30. The van der Waals surface area contributed by atoms with Crippen molar-refractivity contribution in [1.82, 2.24) is 14.6 Å². The van der Waals surface area contributed by atoms with Gasteiger partial charge in [-0.1, -0.05) is 38.1 Å². The van der Waals surface area contributed by atoms with Gasteiger partial charge in [0.1, 0.15) is 10.6 Å². The summed E-state index contributed by atoms with van der Waals surface area (Å²) in [6, 6.07) is 9.21. The first-order valence-corrected chi connectivity index (χ1v) is 11.1. The topological polar surface area (TPSA) is 80.2 Å². The maximum Gasteiger partial charge on any atom is 0.268 e. The summed E-state index contributed by atoms with van der Waals surface area (Å²) in [5, 5.41) is 2.94. The fourth-order valence-corrected chi connectivity index (χ4v) is 4.37. The minimum Gasteiger partial charge on any atom is -0.345 e. The molecule has 154 valence electrons. The number of rotatable bonds is 8. The summed E-state index contributed by atoms with van der Waals surface area (Å²) in [6.45, 7) is 9.78. The maximum absolute atomic E-state index is 12.7. The third kappa shape index (κ3) is 5.69. The number of carbonyl (C=O) groups is 1. The minimum absolute atomic E-state index is 0.0829. The summed E-state index contributed by atoms with van der Waals surface area (Å²) in [5.74, 6) is 0.281. The highest BCUT2D eigenvalue weighted by Gasteiger charge is 2.22. The summed E-state index contributed by atoms with van der Waals surface area (Å²) in [7, 11) is -1.98. The van der Waals surface area contributed by atoms with Gasteiger partial charge in [-0.15, -0.1) is 0 Å². The molecule has 28 heavy (non-hydrogen) atoms. The molecule has 7 heteroatoms. The Labute approximate surface area is 168 Å². The number of benzene rings is 1. The Kier molecular flexibility index (Phi) is 7.06. The Morgan fingerprint density at radius 3 is 2.21 bits per heavy atom. The Morgan fingerprint density at radius 2 is 1.68 bits per heavy atom. The zero-order chi connectivity index (χ0) is 21.1. The van der Waals surface area contributed by atoms with Crippen molar-refractivity contribution in [2.24, 2.45) is 13.0 Å². The van der Waals surface area contributed by atoms with Crippen LogP contribution in [0.2, 0.25) is 0 Å². The van der Waals surface area contributed by atoms with Crippen molar-refractivity contribution in [1.29, 1.82) is 0 Å². The molecule has 1 aromatic heterocycles. The lowest BCUT2D eigenvalue weighted by atomic mass is 10.00. The van der Waals surface area contributed by atoms with Crippen LogP contribution < -0.4 is 10.0 Å². The van der Waals surface area contributed by atoms with E-state index < -0.39 is 10.0 Å². The summed E-state index contributed by atoms with van der Waals surface area (Å²) in [5.41, 5.74) is 2.57. The molecule has 1 aromatic carbocycles. The van der Waals surface area contributed by atoms with E-state index in [-0.39, 0.29) is 22.9 Å². The third-order valence-electron chi connectivity index (χ3n) is 4.38. The van der Waals surface area contributed by atoms with Gasteiger partial charge in [0.05, 0.1) is 6.04 Å². The molecule has 0 fully saturated rings. The standard InChI is InChI=1S/C21H31N3O3S/c1-14(2)11-17-7-9-18(10-8-17)16(5)22-21(25)20-12-19(13-24(20)6)28(26,27)23-15(3)4/h7-10,12-16,23H,11H2,1-6H3,(H,22,25). The van der Waals surface area contributed by atoms with E-state index in [4.69, 9.17) is 0 Å². The molecule has 1 unspecified atom stereocenters. The average Bonchev–Trinajstić information content (AvgIpc) is 2.96. The molecule has 0 saturated carbocycles. The van der Waals surface area contributed by atoms with Gasteiger partial charge in [-0.2, -0.15) is 0 Å². The second kappa shape index (κ2) is 8.92. The molecule has 0 spiro atoms. The van der Waals surface area contributed by atoms with Gasteiger partial charge in [0.25, 0.3) is 5.91 Å². The SMILES string of the molecule is CC(C)Cc1ccc(C(C)NC(=O)c2cc(S(=O)(=O)NC(C)C)cn2C)cc1. The van der Waals surface area contributed by atoms with Crippen molar-refractivity contribution in [3.63, 3.8) is 0 Å². The van der Waals surface area contributed by atoms with E-state index in [1.54, 1.807) is 20.9 Å². The van der Waals surface area contributed by atoms with Crippen LogP contribution in [0.3, 0.4) is 0 Å². The maximum atomic E-state index is 12.7. The summed E-state index contributed by atoms with van der Waals surface area (Å²) < 4.78 is 28.7. The van der Waals surface area contributed by atoms with Gasteiger partial charge in [0.2, 0.25) is 10.0 Å². The van der Waals surface area contributed by atoms with E-state index in [9.17, 15) is 13.2 Å². The molecule has 0 aliphatic rings. The van der Waals surface area contributed by atoms with Gasteiger partial charge in [0, 0.05) is 19.3 Å². The van der Waals surface area contributed by atoms with Gasteiger partial charge >= 0.3 is 0 Å². The highest BCUT2D eigenvalue weighted by molar-refractivity contribution is 7.89. The van der Waals surface area contributed by atoms with Crippen LogP contribution in [0.4, 0.5) is 0 Å². The molecule has 1 amide bonds. The molecule has 6 nitrogen and oxygen atoms in total. The lowest BCUT2D eigenvalue weighted by Gasteiger charge is -2.15. The van der Waals surface area contributed by atoms with Crippen molar-refractivity contribution in [3.05, 3.63) is 53.3 Å². The number of aromatic nitrogens is 1. The normalized spacial score (nSPS) is 13.1. The van der Waals surface area contributed by atoms with Crippen LogP contribution in [0.25, 0.3) is 0 Å². The quantitative estimate of drug-likeness (QED) is 0.706. The monoisotopic (exact) mass is 405 g/mol. The van der Waals surface area contributed by atoms with Crippen LogP contribution in [0, 0.1) is 5.92 Å². The molecule has 0 bridgehead atoms. The van der Waals surface area contributed by atoms with Crippen molar-refractivity contribution < 1.29 is 13.2 Å². The van der Waals surface area contributed by atoms with E-state index in [1.807, 2.05) is 19.1 Å². The molecule has 2 N–H and O–H groups in total. The number of nitrogens with one attached hydrogen (secondary N) is 2. The molecule has 1 heterocycles. The number of carbonyl (C=O) groups excluding carboxylic acids is 1. The van der Waals surface area contributed by atoms with Crippen molar-refractivity contribution in [3.8, 4) is 0 Å². The van der Waals surface area contributed by atoms with E-state index in [0.717, 1.165) is 12.0 Å². The number of sulfonamides is 1. The molecule has 0 saturated heterocycles. The number of amides is 1.